The summed E-state index contributed by atoms with van der Waals surface area (Å²) in [6, 6.07) is 16.2. The molecule has 1 fully saturated rings. The van der Waals surface area contributed by atoms with Crippen molar-refractivity contribution < 1.29 is 13.2 Å². The van der Waals surface area contributed by atoms with Crippen molar-refractivity contribution in [3.05, 3.63) is 83.9 Å². The van der Waals surface area contributed by atoms with E-state index in [0.717, 1.165) is 16.8 Å². The van der Waals surface area contributed by atoms with E-state index in [1.807, 2.05) is 43.5 Å². The Morgan fingerprint density at radius 1 is 1.16 bits per heavy atom. The molecule has 4 rings (SSSR count). The molecule has 8 heteroatoms. The molecule has 2 aromatic heterocycles. The molecule has 3 aromatic rings. The van der Waals surface area contributed by atoms with Crippen LogP contribution in [0.3, 0.4) is 0 Å². The van der Waals surface area contributed by atoms with Gasteiger partial charge in [-0.1, -0.05) is 18.2 Å². The van der Waals surface area contributed by atoms with Crippen molar-refractivity contribution in [3.63, 3.8) is 0 Å². The van der Waals surface area contributed by atoms with Gasteiger partial charge < -0.3 is 10.1 Å². The summed E-state index contributed by atoms with van der Waals surface area (Å²) in [4.78, 5) is 9.21. The zero-order valence-corrected chi connectivity index (χ0v) is 18.7. The molecule has 1 aromatic carbocycles. The summed E-state index contributed by atoms with van der Waals surface area (Å²) >= 11 is 0. The second-order valence-electron chi connectivity index (χ2n) is 7.72. The van der Waals surface area contributed by atoms with E-state index in [1.54, 1.807) is 30.5 Å². The first-order chi connectivity index (χ1) is 15.3. The molecule has 0 unspecified atom stereocenters. The number of benzene rings is 1. The average molecular weight is 449 g/mol. The molecule has 0 aliphatic carbocycles. The Labute approximate surface area is 187 Å². The van der Waals surface area contributed by atoms with E-state index in [2.05, 4.69) is 15.3 Å². The number of sulfone groups is 1. The average Bonchev–Trinajstić information content (AvgIpc) is 2.75. The molecule has 1 aliphatic rings. The molecule has 32 heavy (non-hydrogen) atoms. The fourth-order valence-electron chi connectivity index (χ4n) is 3.28. The van der Waals surface area contributed by atoms with Gasteiger partial charge in [0.2, 0.25) is 0 Å². The minimum atomic E-state index is -3.26. The predicted molar refractivity (Wildman–Crippen MR) is 124 cm³/mol. The lowest BCUT2D eigenvalue weighted by molar-refractivity contribution is 0.000843. The van der Waals surface area contributed by atoms with Gasteiger partial charge in [0.25, 0.3) is 0 Å². The fourth-order valence-corrected chi connectivity index (χ4v) is 3.91. The van der Waals surface area contributed by atoms with Gasteiger partial charge in [0.1, 0.15) is 0 Å². The molecule has 0 atom stereocenters. The minimum Gasteiger partial charge on any atom is -0.383 e. The van der Waals surface area contributed by atoms with Crippen molar-refractivity contribution in [2.24, 2.45) is 0 Å². The Kier molecular flexibility index (Phi) is 6.16. The van der Waals surface area contributed by atoms with Crippen LogP contribution in [0.15, 0.2) is 71.9 Å². The smallest absolute Gasteiger partial charge is 0.175 e. The van der Waals surface area contributed by atoms with Crippen LogP contribution in [0.1, 0.15) is 17.0 Å². The van der Waals surface area contributed by atoms with E-state index in [0.29, 0.717) is 35.9 Å². The summed E-state index contributed by atoms with van der Waals surface area (Å²) in [5.41, 5.74) is 4.69. The van der Waals surface area contributed by atoms with Crippen LogP contribution in [-0.4, -0.2) is 49.6 Å². The van der Waals surface area contributed by atoms with Crippen molar-refractivity contribution in [1.29, 1.82) is 5.41 Å². The van der Waals surface area contributed by atoms with E-state index in [-0.39, 0.29) is 10.9 Å². The normalized spacial score (nSPS) is 14.6. The van der Waals surface area contributed by atoms with Crippen molar-refractivity contribution in [2.45, 2.75) is 17.9 Å². The van der Waals surface area contributed by atoms with Crippen LogP contribution in [-0.2, 0) is 14.6 Å². The molecule has 0 saturated carbocycles. The molecule has 1 saturated heterocycles. The number of allylic oxidation sites excluding steroid dienone is 1. The van der Waals surface area contributed by atoms with Crippen LogP contribution in [0.2, 0.25) is 0 Å². The summed E-state index contributed by atoms with van der Waals surface area (Å²) in [5.74, 6) is 0. The zero-order chi connectivity index (χ0) is 22.7. The van der Waals surface area contributed by atoms with Gasteiger partial charge in [-0.2, -0.15) is 0 Å². The highest BCUT2D eigenvalue weighted by Crippen LogP contribution is 2.25. The third-order valence-electron chi connectivity index (χ3n) is 5.16. The van der Waals surface area contributed by atoms with E-state index in [9.17, 15) is 8.42 Å². The molecule has 0 amide bonds. The SMILES string of the molecule is Cc1cccc(C(=N)/C(=C\NC2COC2)c2ccnc(-c3ccc(S(C)(=O)=O)cc3)c2)n1. The number of nitrogens with one attached hydrogen (secondary N) is 2. The summed E-state index contributed by atoms with van der Waals surface area (Å²) in [6.45, 7) is 3.16. The Morgan fingerprint density at radius 2 is 1.91 bits per heavy atom. The molecule has 1 aliphatic heterocycles. The highest BCUT2D eigenvalue weighted by atomic mass is 32.2. The summed E-state index contributed by atoms with van der Waals surface area (Å²) < 4.78 is 28.7. The number of hydrogen-bond donors (Lipinski definition) is 2. The summed E-state index contributed by atoms with van der Waals surface area (Å²) in [6.07, 6.45) is 4.71. The second-order valence-corrected chi connectivity index (χ2v) is 9.74. The quantitative estimate of drug-likeness (QED) is 0.538. The maximum atomic E-state index is 11.7. The van der Waals surface area contributed by atoms with Gasteiger partial charge >= 0.3 is 0 Å². The second kappa shape index (κ2) is 9.02. The van der Waals surface area contributed by atoms with E-state index >= 15 is 0 Å². The van der Waals surface area contributed by atoms with E-state index in [4.69, 9.17) is 10.1 Å². The Hall–Kier alpha value is -3.36. The molecule has 0 spiro atoms. The minimum absolute atomic E-state index is 0.216. The van der Waals surface area contributed by atoms with Crippen LogP contribution in [0.5, 0.6) is 0 Å². The van der Waals surface area contributed by atoms with Crippen molar-refractivity contribution in [3.8, 4) is 11.3 Å². The Bertz CT molecular complexity index is 1280. The first kappa shape index (κ1) is 21.9. The molecule has 3 heterocycles. The van der Waals surface area contributed by atoms with Gasteiger partial charge in [-0.05, 0) is 48.9 Å². The molecule has 164 valence electrons. The molecular weight excluding hydrogens is 424 g/mol. The topological polar surface area (TPSA) is 105 Å². The van der Waals surface area contributed by atoms with Crippen molar-refractivity contribution in [1.82, 2.24) is 15.3 Å². The van der Waals surface area contributed by atoms with Crippen molar-refractivity contribution >= 4 is 21.1 Å². The molecular formula is C24H24N4O3S. The van der Waals surface area contributed by atoms with Gasteiger partial charge in [-0.15, -0.1) is 0 Å². The van der Waals surface area contributed by atoms with Gasteiger partial charge in [-0.25, -0.2) is 8.42 Å². The lowest BCUT2D eigenvalue weighted by Crippen LogP contribution is -2.43. The molecule has 0 bridgehead atoms. The lowest BCUT2D eigenvalue weighted by Gasteiger charge is -2.26. The van der Waals surface area contributed by atoms with Crippen molar-refractivity contribution in [2.75, 3.05) is 19.5 Å². The van der Waals surface area contributed by atoms with Crippen LogP contribution in [0.4, 0.5) is 0 Å². The third-order valence-corrected chi connectivity index (χ3v) is 6.29. The van der Waals surface area contributed by atoms with Gasteiger partial charge in [-0.3, -0.25) is 15.4 Å². The predicted octanol–water partition coefficient (Wildman–Crippen LogP) is 3.25. The molecule has 7 nitrogen and oxygen atoms in total. The van der Waals surface area contributed by atoms with Crippen LogP contribution in [0, 0.1) is 12.3 Å². The largest absolute Gasteiger partial charge is 0.383 e. The van der Waals surface area contributed by atoms with Crippen LogP contribution >= 0.6 is 0 Å². The number of rotatable bonds is 7. The third kappa shape index (κ3) is 4.92. The Morgan fingerprint density at radius 3 is 2.53 bits per heavy atom. The highest BCUT2D eigenvalue weighted by Gasteiger charge is 2.19. The maximum Gasteiger partial charge on any atom is 0.175 e. The van der Waals surface area contributed by atoms with E-state index < -0.39 is 9.84 Å². The lowest BCUT2D eigenvalue weighted by atomic mass is 9.98. The number of aryl methyl sites for hydroxylation is 1. The number of pyridine rings is 2. The number of ether oxygens (including phenoxy) is 1. The standard InChI is InChI=1S/C24H24N4O3S/c1-16-4-3-5-22(28-16)24(25)21(13-27-19-14-31-15-19)18-10-11-26-23(12-18)17-6-8-20(9-7-17)32(2,29)30/h3-13,19,25,27H,14-15H2,1-2H3/b21-13-,25-24?. The maximum absolute atomic E-state index is 11.7. The molecule has 2 N–H and O–H groups in total. The van der Waals surface area contributed by atoms with Crippen LogP contribution < -0.4 is 5.32 Å². The first-order valence-corrected chi connectivity index (χ1v) is 12.0. The van der Waals surface area contributed by atoms with Gasteiger partial charge in [0.05, 0.1) is 41.3 Å². The van der Waals surface area contributed by atoms with Crippen LogP contribution in [0.25, 0.3) is 16.8 Å². The number of nitrogens with zero attached hydrogens (tertiary/aromatic N) is 2. The Balaban J connectivity index is 1.70. The summed E-state index contributed by atoms with van der Waals surface area (Å²) in [7, 11) is -3.26. The van der Waals surface area contributed by atoms with E-state index in [1.165, 1.54) is 6.26 Å². The van der Waals surface area contributed by atoms with Gasteiger partial charge in [0.15, 0.2) is 9.84 Å². The summed E-state index contributed by atoms with van der Waals surface area (Å²) in [5, 5.41) is 12.1. The highest BCUT2D eigenvalue weighted by molar-refractivity contribution is 7.90. The van der Waals surface area contributed by atoms with Gasteiger partial charge in [0, 0.05) is 35.5 Å². The monoisotopic (exact) mass is 448 g/mol. The number of hydrogen-bond acceptors (Lipinski definition) is 7. The fraction of sp³-hybridized carbons (Fsp3) is 0.208. The number of aromatic nitrogens is 2. The zero-order valence-electron chi connectivity index (χ0n) is 17.9. The molecule has 0 radical (unpaired) electrons. The first-order valence-electron chi connectivity index (χ1n) is 10.1.